The Labute approximate surface area is 147 Å². The topological polar surface area (TPSA) is 72.5 Å². The van der Waals surface area contributed by atoms with Crippen LogP contribution in [0, 0.1) is 6.92 Å². The van der Waals surface area contributed by atoms with Crippen LogP contribution in [0.15, 0.2) is 48.5 Å². The standard InChI is InChI=1S/C20H21NO4/c1-13-4-8-17(9-5-13)19(23)14(2)25-20(24)18-10-6-16(7-11-18)12-21-15(3)22/h4-11,14H,12H2,1-3H3,(H,21,22). The highest BCUT2D eigenvalue weighted by atomic mass is 16.5. The minimum absolute atomic E-state index is 0.119. The van der Waals surface area contributed by atoms with Crippen molar-refractivity contribution in [2.45, 2.75) is 33.4 Å². The van der Waals surface area contributed by atoms with Crippen LogP contribution in [0.3, 0.4) is 0 Å². The lowest BCUT2D eigenvalue weighted by Gasteiger charge is -2.13. The molecule has 130 valence electrons. The molecule has 0 aromatic heterocycles. The van der Waals surface area contributed by atoms with Gasteiger partial charge in [0.15, 0.2) is 6.10 Å². The predicted octanol–water partition coefficient (Wildman–Crippen LogP) is 3.06. The highest BCUT2D eigenvalue weighted by molar-refractivity contribution is 6.01. The third-order valence-corrected chi connectivity index (χ3v) is 3.72. The number of carbonyl (C=O) groups is 3. The van der Waals surface area contributed by atoms with Gasteiger partial charge in [-0.25, -0.2) is 4.79 Å². The van der Waals surface area contributed by atoms with Crippen molar-refractivity contribution in [3.05, 3.63) is 70.8 Å². The quantitative estimate of drug-likeness (QED) is 0.648. The average Bonchev–Trinajstić information content (AvgIpc) is 2.60. The van der Waals surface area contributed by atoms with E-state index in [0.29, 0.717) is 17.7 Å². The van der Waals surface area contributed by atoms with Crippen molar-refractivity contribution in [1.29, 1.82) is 0 Å². The van der Waals surface area contributed by atoms with Gasteiger partial charge in [0.2, 0.25) is 11.7 Å². The molecule has 0 aliphatic rings. The smallest absolute Gasteiger partial charge is 0.338 e. The molecule has 25 heavy (non-hydrogen) atoms. The Morgan fingerprint density at radius 2 is 1.52 bits per heavy atom. The number of Topliss-reactive ketones (excluding diaryl/α,β-unsaturated/α-hetero) is 1. The zero-order valence-corrected chi connectivity index (χ0v) is 14.5. The van der Waals surface area contributed by atoms with Crippen molar-refractivity contribution in [2.75, 3.05) is 0 Å². The fourth-order valence-corrected chi connectivity index (χ4v) is 2.22. The second kappa shape index (κ2) is 8.24. The van der Waals surface area contributed by atoms with Gasteiger partial charge in [0.1, 0.15) is 0 Å². The van der Waals surface area contributed by atoms with Gasteiger partial charge >= 0.3 is 5.97 Å². The SMILES string of the molecule is CC(=O)NCc1ccc(C(=O)OC(C)C(=O)c2ccc(C)cc2)cc1. The predicted molar refractivity (Wildman–Crippen MR) is 94.3 cm³/mol. The van der Waals surface area contributed by atoms with Gasteiger partial charge < -0.3 is 10.1 Å². The lowest BCUT2D eigenvalue weighted by Crippen LogP contribution is -2.24. The van der Waals surface area contributed by atoms with Crippen LogP contribution in [0.4, 0.5) is 0 Å². The molecule has 2 rings (SSSR count). The Kier molecular flexibility index (Phi) is 6.06. The van der Waals surface area contributed by atoms with E-state index in [2.05, 4.69) is 5.32 Å². The second-order valence-corrected chi connectivity index (χ2v) is 5.88. The van der Waals surface area contributed by atoms with E-state index >= 15 is 0 Å². The van der Waals surface area contributed by atoms with Gasteiger partial charge in [-0.2, -0.15) is 0 Å². The molecule has 0 spiro atoms. The van der Waals surface area contributed by atoms with E-state index in [0.717, 1.165) is 11.1 Å². The minimum atomic E-state index is -0.866. The molecule has 1 atom stereocenters. The monoisotopic (exact) mass is 339 g/mol. The molecule has 0 fully saturated rings. The highest BCUT2D eigenvalue weighted by Gasteiger charge is 2.20. The van der Waals surface area contributed by atoms with Crippen LogP contribution in [0.25, 0.3) is 0 Å². The molecule has 5 heteroatoms. The first-order chi connectivity index (χ1) is 11.9. The lowest BCUT2D eigenvalue weighted by atomic mass is 10.1. The van der Waals surface area contributed by atoms with Crippen molar-refractivity contribution >= 4 is 17.7 Å². The van der Waals surface area contributed by atoms with Crippen LogP contribution in [0.1, 0.15) is 45.7 Å². The lowest BCUT2D eigenvalue weighted by molar-refractivity contribution is -0.119. The van der Waals surface area contributed by atoms with E-state index in [4.69, 9.17) is 4.74 Å². The Morgan fingerprint density at radius 3 is 2.08 bits per heavy atom. The maximum atomic E-state index is 12.3. The van der Waals surface area contributed by atoms with Crippen LogP contribution >= 0.6 is 0 Å². The first-order valence-corrected chi connectivity index (χ1v) is 8.02. The molecule has 1 amide bonds. The zero-order chi connectivity index (χ0) is 18.4. The summed E-state index contributed by atoms with van der Waals surface area (Å²) < 4.78 is 5.26. The van der Waals surface area contributed by atoms with Gasteiger partial charge in [0.05, 0.1) is 5.56 Å². The number of ketones is 1. The number of hydrogen-bond donors (Lipinski definition) is 1. The van der Waals surface area contributed by atoms with E-state index in [9.17, 15) is 14.4 Å². The first-order valence-electron chi connectivity index (χ1n) is 8.02. The Balaban J connectivity index is 1.97. The summed E-state index contributed by atoms with van der Waals surface area (Å²) in [7, 11) is 0. The number of rotatable bonds is 6. The van der Waals surface area contributed by atoms with Gasteiger partial charge in [0.25, 0.3) is 0 Å². The summed E-state index contributed by atoms with van der Waals surface area (Å²) in [5.74, 6) is -0.915. The zero-order valence-electron chi connectivity index (χ0n) is 14.5. The number of esters is 1. The number of amides is 1. The third-order valence-electron chi connectivity index (χ3n) is 3.72. The van der Waals surface area contributed by atoms with Crippen molar-refractivity contribution < 1.29 is 19.1 Å². The number of ether oxygens (including phenoxy) is 1. The van der Waals surface area contributed by atoms with Crippen LogP contribution in [-0.2, 0) is 16.1 Å². The summed E-state index contributed by atoms with van der Waals surface area (Å²) >= 11 is 0. The number of carbonyl (C=O) groups excluding carboxylic acids is 3. The molecule has 0 aliphatic heterocycles. The normalized spacial score (nSPS) is 11.5. The van der Waals surface area contributed by atoms with Crippen molar-refractivity contribution in [2.24, 2.45) is 0 Å². The van der Waals surface area contributed by atoms with Crippen LogP contribution in [0.2, 0.25) is 0 Å². The molecule has 0 bridgehead atoms. The molecule has 5 nitrogen and oxygen atoms in total. The summed E-state index contributed by atoms with van der Waals surface area (Å²) in [6.45, 7) is 5.34. The number of benzene rings is 2. The summed E-state index contributed by atoms with van der Waals surface area (Å²) in [6, 6.07) is 13.8. The summed E-state index contributed by atoms with van der Waals surface area (Å²) in [5.41, 5.74) is 2.79. The maximum Gasteiger partial charge on any atom is 0.338 e. The average molecular weight is 339 g/mol. The fraction of sp³-hybridized carbons (Fsp3) is 0.250. The molecule has 0 saturated carbocycles. The van der Waals surface area contributed by atoms with E-state index in [1.54, 1.807) is 43.3 Å². The molecular formula is C20H21NO4. The maximum absolute atomic E-state index is 12.3. The summed E-state index contributed by atoms with van der Waals surface area (Å²) in [6.07, 6.45) is -0.866. The van der Waals surface area contributed by atoms with Crippen molar-refractivity contribution in [3.8, 4) is 0 Å². The Hall–Kier alpha value is -2.95. The summed E-state index contributed by atoms with van der Waals surface area (Å²) in [5, 5.41) is 2.68. The van der Waals surface area contributed by atoms with Gasteiger partial charge in [-0.05, 0) is 31.5 Å². The van der Waals surface area contributed by atoms with E-state index in [1.807, 2.05) is 19.1 Å². The molecule has 1 N–H and O–H groups in total. The van der Waals surface area contributed by atoms with Crippen LogP contribution < -0.4 is 5.32 Å². The fourth-order valence-electron chi connectivity index (χ4n) is 2.22. The van der Waals surface area contributed by atoms with Crippen LogP contribution in [-0.4, -0.2) is 23.8 Å². The molecule has 0 aliphatic carbocycles. The number of hydrogen-bond acceptors (Lipinski definition) is 4. The minimum Gasteiger partial charge on any atom is -0.451 e. The third kappa shape index (κ3) is 5.28. The molecular weight excluding hydrogens is 318 g/mol. The molecule has 1 unspecified atom stereocenters. The summed E-state index contributed by atoms with van der Waals surface area (Å²) in [4.78, 5) is 35.4. The van der Waals surface area contributed by atoms with Crippen LogP contribution in [0.5, 0.6) is 0 Å². The van der Waals surface area contributed by atoms with E-state index in [1.165, 1.54) is 6.92 Å². The number of aryl methyl sites for hydroxylation is 1. The van der Waals surface area contributed by atoms with E-state index < -0.39 is 12.1 Å². The Bertz CT molecular complexity index is 763. The molecule has 0 radical (unpaired) electrons. The second-order valence-electron chi connectivity index (χ2n) is 5.88. The first kappa shape index (κ1) is 18.4. The molecule has 2 aromatic carbocycles. The molecule has 0 saturated heterocycles. The number of nitrogens with one attached hydrogen (secondary N) is 1. The largest absolute Gasteiger partial charge is 0.451 e. The van der Waals surface area contributed by atoms with Crippen molar-refractivity contribution in [3.63, 3.8) is 0 Å². The molecule has 0 heterocycles. The highest BCUT2D eigenvalue weighted by Crippen LogP contribution is 2.12. The van der Waals surface area contributed by atoms with Gasteiger partial charge in [-0.3, -0.25) is 9.59 Å². The molecule has 2 aromatic rings. The van der Waals surface area contributed by atoms with Crippen molar-refractivity contribution in [1.82, 2.24) is 5.32 Å². The van der Waals surface area contributed by atoms with Gasteiger partial charge in [-0.15, -0.1) is 0 Å². The van der Waals surface area contributed by atoms with Gasteiger partial charge in [0, 0.05) is 19.0 Å². The Morgan fingerprint density at radius 1 is 0.960 bits per heavy atom. The van der Waals surface area contributed by atoms with E-state index in [-0.39, 0.29) is 11.7 Å². The van der Waals surface area contributed by atoms with Gasteiger partial charge in [-0.1, -0.05) is 42.0 Å².